The van der Waals surface area contributed by atoms with Crippen LogP contribution in [0.15, 0.2) is 41.2 Å². The topological polar surface area (TPSA) is 68.5 Å². The Morgan fingerprint density at radius 3 is 2.76 bits per heavy atom. The van der Waals surface area contributed by atoms with Gasteiger partial charge in [0.1, 0.15) is 0 Å². The van der Waals surface area contributed by atoms with E-state index in [2.05, 4.69) is 22.3 Å². The van der Waals surface area contributed by atoms with Crippen molar-refractivity contribution in [1.82, 2.24) is 15.0 Å². The summed E-state index contributed by atoms with van der Waals surface area (Å²) in [6.07, 6.45) is 1.04. The third-order valence-corrected chi connectivity index (χ3v) is 3.78. The summed E-state index contributed by atoms with van der Waals surface area (Å²) >= 11 is 0. The van der Waals surface area contributed by atoms with Gasteiger partial charge in [0.05, 0.1) is 6.61 Å². The second-order valence-corrected chi connectivity index (χ2v) is 5.02. The van der Waals surface area contributed by atoms with E-state index in [9.17, 15) is 4.79 Å². The van der Waals surface area contributed by atoms with Crippen LogP contribution in [0.1, 0.15) is 30.1 Å². The summed E-state index contributed by atoms with van der Waals surface area (Å²) in [6.45, 7) is 3.32. The van der Waals surface area contributed by atoms with E-state index in [0.717, 1.165) is 0 Å². The summed E-state index contributed by atoms with van der Waals surface area (Å²) in [5.74, 6) is 0.805. The molecule has 3 rings (SSSR count). The first kappa shape index (κ1) is 13.6. The first-order chi connectivity index (χ1) is 10.3. The lowest BCUT2D eigenvalue weighted by atomic mass is 9.88. The zero-order chi connectivity index (χ0) is 14.7. The molecular weight excluding hydrogens is 270 g/mol. The summed E-state index contributed by atoms with van der Waals surface area (Å²) in [7, 11) is 0. The Morgan fingerprint density at radius 2 is 2.10 bits per heavy atom. The third-order valence-electron chi connectivity index (χ3n) is 3.78. The molecule has 0 aliphatic carbocycles. The molecule has 110 valence electrons. The monoisotopic (exact) mass is 287 g/mol. The predicted octanol–water partition coefficient (Wildman–Crippen LogP) is 2.41. The minimum atomic E-state index is -0.288. The van der Waals surface area contributed by atoms with Gasteiger partial charge < -0.3 is 14.2 Å². The van der Waals surface area contributed by atoms with E-state index in [4.69, 9.17) is 9.26 Å². The number of hydrogen-bond donors (Lipinski definition) is 0. The van der Waals surface area contributed by atoms with Crippen LogP contribution >= 0.6 is 0 Å². The fourth-order valence-corrected chi connectivity index (χ4v) is 2.81. The molecule has 0 radical (unpaired) electrons. The fourth-order valence-electron chi connectivity index (χ4n) is 2.81. The van der Waals surface area contributed by atoms with Crippen LogP contribution in [0.5, 0.6) is 0 Å². The molecule has 1 aliphatic heterocycles. The Kier molecular flexibility index (Phi) is 3.85. The highest BCUT2D eigenvalue weighted by molar-refractivity contribution is 5.68. The minimum absolute atomic E-state index is 0.0237. The highest BCUT2D eigenvalue weighted by Gasteiger charge is 2.39. The van der Waals surface area contributed by atoms with Crippen LogP contribution in [0.2, 0.25) is 0 Å². The number of benzene rings is 1. The van der Waals surface area contributed by atoms with Gasteiger partial charge in [0.25, 0.3) is 0 Å². The molecule has 1 aliphatic rings. The van der Waals surface area contributed by atoms with Crippen LogP contribution in [0.25, 0.3) is 0 Å². The van der Waals surface area contributed by atoms with E-state index in [1.165, 1.54) is 12.0 Å². The van der Waals surface area contributed by atoms with E-state index >= 15 is 0 Å². The zero-order valence-corrected chi connectivity index (χ0v) is 11.8. The Morgan fingerprint density at radius 1 is 1.33 bits per heavy atom. The number of carbonyl (C=O) groups is 1. The Hall–Kier alpha value is -2.37. The van der Waals surface area contributed by atoms with E-state index in [1.54, 1.807) is 11.8 Å². The van der Waals surface area contributed by atoms with Gasteiger partial charge in [-0.1, -0.05) is 35.5 Å². The molecule has 1 fully saturated rings. The molecule has 21 heavy (non-hydrogen) atoms. The van der Waals surface area contributed by atoms with Crippen molar-refractivity contribution in [2.45, 2.75) is 18.8 Å². The molecule has 0 spiro atoms. The number of ether oxygens (including phenoxy) is 1. The van der Waals surface area contributed by atoms with Gasteiger partial charge in [-0.3, -0.25) is 0 Å². The molecule has 0 N–H and O–H groups in total. The summed E-state index contributed by atoms with van der Waals surface area (Å²) in [5.41, 5.74) is 1.17. The van der Waals surface area contributed by atoms with Crippen LogP contribution in [-0.4, -0.2) is 40.8 Å². The second kappa shape index (κ2) is 5.95. The van der Waals surface area contributed by atoms with Crippen molar-refractivity contribution >= 4 is 6.09 Å². The Balaban J connectivity index is 1.86. The first-order valence-electron chi connectivity index (χ1n) is 7.02. The average molecular weight is 287 g/mol. The summed E-state index contributed by atoms with van der Waals surface area (Å²) in [5, 5.41) is 3.95. The van der Waals surface area contributed by atoms with Crippen molar-refractivity contribution in [1.29, 1.82) is 0 Å². The number of hydrogen-bond acceptors (Lipinski definition) is 5. The number of carbonyl (C=O) groups excluding carboxylic acids is 1. The van der Waals surface area contributed by atoms with Crippen LogP contribution in [0, 0.1) is 0 Å². The van der Waals surface area contributed by atoms with Crippen molar-refractivity contribution in [3.8, 4) is 0 Å². The molecule has 2 aromatic rings. The van der Waals surface area contributed by atoms with Crippen LogP contribution < -0.4 is 0 Å². The van der Waals surface area contributed by atoms with Gasteiger partial charge >= 0.3 is 6.09 Å². The molecule has 1 aromatic heterocycles. The summed E-state index contributed by atoms with van der Waals surface area (Å²) < 4.78 is 9.96. The first-order valence-corrected chi connectivity index (χ1v) is 7.02. The SMILES string of the molecule is CCOC(=O)N1C[C@H](c2ncon2)[C@H](c2ccccc2)C1. The van der Waals surface area contributed by atoms with E-state index in [-0.39, 0.29) is 17.9 Å². The van der Waals surface area contributed by atoms with Crippen molar-refractivity contribution < 1.29 is 14.1 Å². The zero-order valence-electron chi connectivity index (χ0n) is 11.8. The minimum Gasteiger partial charge on any atom is -0.450 e. The maximum Gasteiger partial charge on any atom is 0.409 e. The number of nitrogens with zero attached hydrogens (tertiary/aromatic N) is 3. The number of rotatable bonds is 3. The Bertz CT molecular complexity index is 585. The second-order valence-electron chi connectivity index (χ2n) is 5.02. The summed E-state index contributed by atoms with van der Waals surface area (Å²) in [4.78, 5) is 17.8. The lowest BCUT2D eigenvalue weighted by Crippen LogP contribution is -2.29. The average Bonchev–Trinajstić information content (AvgIpc) is 3.17. The fraction of sp³-hybridized carbons (Fsp3) is 0.400. The quantitative estimate of drug-likeness (QED) is 0.867. The lowest BCUT2D eigenvalue weighted by Gasteiger charge is -2.15. The molecular formula is C15H17N3O3. The highest BCUT2D eigenvalue weighted by atomic mass is 16.6. The highest BCUT2D eigenvalue weighted by Crippen LogP contribution is 2.38. The van der Waals surface area contributed by atoms with Gasteiger partial charge in [0, 0.05) is 24.9 Å². The number of amides is 1. The molecule has 0 bridgehead atoms. The molecule has 6 heteroatoms. The molecule has 2 atom stereocenters. The van der Waals surface area contributed by atoms with Gasteiger partial charge in [0.2, 0.25) is 6.39 Å². The van der Waals surface area contributed by atoms with Crippen LogP contribution in [-0.2, 0) is 4.74 Å². The van der Waals surface area contributed by atoms with Gasteiger partial charge in [-0.15, -0.1) is 0 Å². The Labute approximate surface area is 122 Å². The van der Waals surface area contributed by atoms with E-state index in [0.29, 0.717) is 25.5 Å². The number of aromatic nitrogens is 2. The van der Waals surface area contributed by atoms with Gasteiger partial charge in [0.15, 0.2) is 5.82 Å². The van der Waals surface area contributed by atoms with Crippen LogP contribution in [0.3, 0.4) is 0 Å². The predicted molar refractivity (Wildman–Crippen MR) is 74.8 cm³/mol. The lowest BCUT2D eigenvalue weighted by molar-refractivity contribution is 0.115. The van der Waals surface area contributed by atoms with Crippen molar-refractivity contribution in [3.63, 3.8) is 0 Å². The largest absolute Gasteiger partial charge is 0.450 e. The molecule has 6 nitrogen and oxygen atoms in total. The standard InChI is InChI=1S/C15H17N3O3/c1-2-20-15(19)18-8-12(11-6-4-3-5-7-11)13(9-18)14-16-10-21-17-14/h3-7,10,12-13H,2,8-9H2,1H3/t12-,13-/m0/s1. The molecule has 0 saturated carbocycles. The smallest absolute Gasteiger partial charge is 0.409 e. The molecule has 0 unspecified atom stereocenters. The molecule has 1 aromatic carbocycles. The third kappa shape index (κ3) is 2.74. The summed E-state index contributed by atoms with van der Waals surface area (Å²) in [6, 6.07) is 10.1. The molecule has 1 amide bonds. The van der Waals surface area contributed by atoms with Crippen LogP contribution in [0.4, 0.5) is 4.79 Å². The van der Waals surface area contributed by atoms with Crippen molar-refractivity contribution in [3.05, 3.63) is 48.1 Å². The normalized spacial score (nSPS) is 21.5. The number of likely N-dealkylation sites (tertiary alicyclic amines) is 1. The van der Waals surface area contributed by atoms with E-state index in [1.807, 2.05) is 18.2 Å². The van der Waals surface area contributed by atoms with Crippen molar-refractivity contribution in [2.75, 3.05) is 19.7 Å². The van der Waals surface area contributed by atoms with Gasteiger partial charge in [-0.2, -0.15) is 4.98 Å². The van der Waals surface area contributed by atoms with Gasteiger partial charge in [-0.05, 0) is 12.5 Å². The van der Waals surface area contributed by atoms with Crippen molar-refractivity contribution in [2.24, 2.45) is 0 Å². The van der Waals surface area contributed by atoms with E-state index < -0.39 is 0 Å². The maximum atomic E-state index is 12.0. The maximum absolute atomic E-state index is 12.0. The van der Waals surface area contributed by atoms with Gasteiger partial charge in [-0.25, -0.2) is 4.79 Å². The molecule has 2 heterocycles. The molecule has 1 saturated heterocycles.